The van der Waals surface area contributed by atoms with Gasteiger partial charge in [0.2, 0.25) is 0 Å². The van der Waals surface area contributed by atoms with E-state index in [0.29, 0.717) is 12.2 Å². The molecule has 0 radical (unpaired) electrons. The second kappa shape index (κ2) is 11.9. The van der Waals surface area contributed by atoms with Crippen LogP contribution in [-0.2, 0) is 9.53 Å². The SMILES string of the molecule is C=C(C)C(=O)OCCCCCCCC(C(=O)c1ccccc1)c1ccccc1. The average molecular weight is 379 g/mol. The largest absolute Gasteiger partial charge is 0.462 e. The van der Waals surface area contributed by atoms with Crippen LogP contribution in [0.2, 0.25) is 0 Å². The second-order valence-electron chi connectivity index (χ2n) is 7.17. The van der Waals surface area contributed by atoms with Gasteiger partial charge in [0.1, 0.15) is 0 Å². The lowest BCUT2D eigenvalue weighted by Crippen LogP contribution is -2.13. The summed E-state index contributed by atoms with van der Waals surface area (Å²) in [6, 6.07) is 19.6. The Hall–Kier alpha value is -2.68. The number of carbonyl (C=O) groups excluding carboxylic acids is 2. The van der Waals surface area contributed by atoms with Gasteiger partial charge in [-0.2, -0.15) is 0 Å². The van der Waals surface area contributed by atoms with Crippen LogP contribution in [0.5, 0.6) is 0 Å². The lowest BCUT2D eigenvalue weighted by molar-refractivity contribution is -0.139. The minimum absolute atomic E-state index is 0.0971. The normalized spacial score (nSPS) is 11.6. The lowest BCUT2D eigenvalue weighted by atomic mass is 9.86. The fraction of sp³-hybridized carbons (Fsp3) is 0.360. The van der Waals surface area contributed by atoms with Crippen LogP contribution in [0.4, 0.5) is 0 Å². The van der Waals surface area contributed by atoms with Crippen molar-refractivity contribution in [1.82, 2.24) is 0 Å². The molecule has 0 aliphatic carbocycles. The third kappa shape index (κ3) is 7.15. The van der Waals surface area contributed by atoms with Crippen molar-refractivity contribution < 1.29 is 14.3 Å². The molecule has 0 heterocycles. The monoisotopic (exact) mass is 378 g/mol. The van der Waals surface area contributed by atoms with E-state index >= 15 is 0 Å². The zero-order chi connectivity index (χ0) is 20.2. The Morgan fingerprint density at radius 1 is 0.857 bits per heavy atom. The topological polar surface area (TPSA) is 43.4 Å². The van der Waals surface area contributed by atoms with Crippen molar-refractivity contribution in [2.45, 2.75) is 51.4 Å². The first-order chi connectivity index (χ1) is 13.6. The molecule has 0 aliphatic rings. The van der Waals surface area contributed by atoms with E-state index in [1.165, 1.54) is 0 Å². The molecule has 1 unspecified atom stereocenters. The summed E-state index contributed by atoms with van der Waals surface area (Å²) in [6.45, 7) is 5.67. The van der Waals surface area contributed by atoms with Crippen molar-refractivity contribution in [2.75, 3.05) is 6.61 Å². The zero-order valence-corrected chi connectivity index (χ0v) is 16.7. The van der Waals surface area contributed by atoms with Crippen molar-refractivity contribution in [3.63, 3.8) is 0 Å². The molecule has 3 heteroatoms. The molecule has 148 valence electrons. The van der Waals surface area contributed by atoms with Crippen molar-refractivity contribution in [3.8, 4) is 0 Å². The molecule has 2 aromatic carbocycles. The highest BCUT2D eigenvalue weighted by Crippen LogP contribution is 2.27. The Balaban J connectivity index is 1.78. The summed E-state index contributed by atoms with van der Waals surface area (Å²) in [5.41, 5.74) is 2.30. The lowest BCUT2D eigenvalue weighted by Gasteiger charge is -2.16. The zero-order valence-electron chi connectivity index (χ0n) is 16.7. The molecular formula is C25H30O3. The number of unbranched alkanes of at least 4 members (excludes halogenated alkanes) is 4. The number of hydrogen-bond donors (Lipinski definition) is 0. The second-order valence-corrected chi connectivity index (χ2v) is 7.17. The van der Waals surface area contributed by atoms with E-state index in [-0.39, 0.29) is 17.7 Å². The summed E-state index contributed by atoms with van der Waals surface area (Å²) in [4.78, 5) is 24.3. The molecule has 0 saturated heterocycles. The van der Waals surface area contributed by atoms with Gasteiger partial charge in [-0.1, -0.05) is 92.9 Å². The molecule has 3 nitrogen and oxygen atoms in total. The van der Waals surface area contributed by atoms with Gasteiger partial charge in [-0.25, -0.2) is 4.79 Å². The average Bonchev–Trinajstić information content (AvgIpc) is 2.73. The molecule has 2 rings (SSSR count). The fourth-order valence-electron chi connectivity index (χ4n) is 3.21. The molecule has 0 bridgehead atoms. The predicted octanol–water partition coefficient (Wildman–Crippen LogP) is 6.11. The molecule has 0 saturated carbocycles. The van der Waals surface area contributed by atoms with Crippen LogP contribution >= 0.6 is 0 Å². The van der Waals surface area contributed by atoms with Crippen LogP contribution in [0.3, 0.4) is 0 Å². The third-order valence-electron chi connectivity index (χ3n) is 4.80. The summed E-state index contributed by atoms with van der Waals surface area (Å²) in [5, 5.41) is 0. The summed E-state index contributed by atoms with van der Waals surface area (Å²) in [6.07, 6.45) is 5.88. The first kappa shape index (κ1) is 21.6. The van der Waals surface area contributed by atoms with Gasteiger partial charge in [-0.3, -0.25) is 4.79 Å². The van der Waals surface area contributed by atoms with Crippen molar-refractivity contribution in [1.29, 1.82) is 0 Å². The minimum Gasteiger partial charge on any atom is -0.462 e. The number of ketones is 1. The van der Waals surface area contributed by atoms with Gasteiger partial charge in [0.15, 0.2) is 5.78 Å². The van der Waals surface area contributed by atoms with E-state index in [4.69, 9.17) is 4.74 Å². The molecule has 0 aliphatic heterocycles. The molecule has 0 amide bonds. The van der Waals surface area contributed by atoms with Gasteiger partial charge in [-0.05, 0) is 25.3 Å². The smallest absolute Gasteiger partial charge is 0.333 e. The van der Waals surface area contributed by atoms with E-state index in [0.717, 1.165) is 49.7 Å². The fourth-order valence-corrected chi connectivity index (χ4v) is 3.21. The molecule has 1 atom stereocenters. The summed E-state index contributed by atoms with van der Waals surface area (Å²) >= 11 is 0. The molecule has 0 spiro atoms. The Kier molecular flexibility index (Phi) is 9.20. The summed E-state index contributed by atoms with van der Waals surface area (Å²) < 4.78 is 5.10. The number of esters is 1. The highest BCUT2D eigenvalue weighted by Gasteiger charge is 2.21. The number of Topliss-reactive ketones (excluding diaryl/α,β-unsaturated/α-hetero) is 1. The van der Waals surface area contributed by atoms with Crippen LogP contribution in [0.15, 0.2) is 72.8 Å². The minimum atomic E-state index is -0.315. The highest BCUT2D eigenvalue weighted by molar-refractivity contribution is 6.00. The van der Waals surface area contributed by atoms with E-state index < -0.39 is 0 Å². The Morgan fingerprint density at radius 2 is 1.43 bits per heavy atom. The molecule has 0 fully saturated rings. The van der Waals surface area contributed by atoms with Gasteiger partial charge >= 0.3 is 5.97 Å². The van der Waals surface area contributed by atoms with E-state index in [1.54, 1.807) is 6.92 Å². The van der Waals surface area contributed by atoms with E-state index in [9.17, 15) is 9.59 Å². The molecular weight excluding hydrogens is 348 g/mol. The Morgan fingerprint density at radius 3 is 2.07 bits per heavy atom. The summed E-state index contributed by atoms with van der Waals surface area (Å²) in [5.74, 6) is -0.219. The van der Waals surface area contributed by atoms with Gasteiger partial charge < -0.3 is 4.74 Å². The maximum absolute atomic E-state index is 13.0. The van der Waals surface area contributed by atoms with E-state index in [1.807, 2.05) is 60.7 Å². The van der Waals surface area contributed by atoms with Gasteiger partial charge in [0, 0.05) is 17.1 Å². The first-order valence-electron chi connectivity index (χ1n) is 10.1. The Bertz CT molecular complexity index is 750. The number of hydrogen-bond acceptors (Lipinski definition) is 3. The number of rotatable bonds is 12. The standard InChI is InChI=1S/C25H30O3/c1-20(2)25(27)28-19-13-5-3-4-12-18-23(21-14-8-6-9-15-21)24(26)22-16-10-7-11-17-22/h6-11,14-17,23H,1,3-5,12-13,18-19H2,2H3. The number of ether oxygens (including phenoxy) is 1. The summed E-state index contributed by atoms with van der Waals surface area (Å²) in [7, 11) is 0. The maximum atomic E-state index is 13.0. The van der Waals surface area contributed by atoms with Gasteiger partial charge in [0.25, 0.3) is 0 Å². The predicted molar refractivity (Wildman–Crippen MR) is 113 cm³/mol. The third-order valence-corrected chi connectivity index (χ3v) is 4.80. The van der Waals surface area contributed by atoms with Crippen LogP contribution in [0.25, 0.3) is 0 Å². The Labute approximate surface area is 168 Å². The highest BCUT2D eigenvalue weighted by atomic mass is 16.5. The van der Waals surface area contributed by atoms with Crippen LogP contribution < -0.4 is 0 Å². The van der Waals surface area contributed by atoms with Crippen molar-refractivity contribution in [2.24, 2.45) is 0 Å². The van der Waals surface area contributed by atoms with E-state index in [2.05, 4.69) is 6.58 Å². The molecule has 2 aromatic rings. The molecule has 0 aromatic heterocycles. The van der Waals surface area contributed by atoms with Gasteiger partial charge in [-0.15, -0.1) is 0 Å². The quantitative estimate of drug-likeness (QED) is 0.194. The molecule has 0 N–H and O–H groups in total. The van der Waals surface area contributed by atoms with Gasteiger partial charge in [0.05, 0.1) is 6.61 Å². The first-order valence-corrected chi connectivity index (χ1v) is 10.1. The van der Waals surface area contributed by atoms with Crippen LogP contribution in [0, 0.1) is 0 Å². The number of benzene rings is 2. The van der Waals surface area contributed by atoms with Crippen molar-refractivity contribution in [3.05, 3.63) is 83.9 Å². The molecule has 28 heavy (non-hydrogen) atoms. The maximum Gasteiger partial charge on any atom is 0.333 e. The number of carbonyl (C=O) groups is 2. The van der Waals surface area contributed by atoms with Crippen molar-refractivity contribution >= 4 is 11.8 Å². The van der Waals surface area contributed by atoms with Crippen LogP contribution in [0.1, 0.15) is 67.3 Å². The van der Waals surface area contributed by atoms with Crippen LogP contribution in [-0.4, -0.2) is 18.4 Å².